The second-order valence-corrected chi connectivity index (χ2v) is 6.35. The third-order valence-corrected chi connectivity index (χ3v) is 4.81. The number of hydrogen-bond acceptors (Lipinski definition) is 3. The molecule has 0 heterocycles. The first kappa shape index (κ1) is 14.1. The third kappa shape index (κ3) is 1.94. The van der Waals surface area contributed by atoms with Crippen LogP contribution < -0.4 is 5.32 Å². The number of anilines is 1. The first-order valence-corrected chi connectivity index (χ1v) is 6.51. The molecule has 1 amide bonds. The summed E-state index contributed by atoms with van der Waals surface area (Å²) in [7, 11) is 0. The topological polar surface area (TPSA) is 76.7 Å². The zero-order chi connectivity index (χ0) is 15.1. The minimum absolute atomic E-state index is 0.0261. The molecule has 0 atom stereocenters. The van der Waals surface area contributed by atoms with Crippen molar-refractivity contribution in [3.05, 3.63) is 29.3 Å². The molecular weight excluding hydrogens is 250 g/mol. The largest absolute Gasteiger partial charge is 0.326 e. The van der Waals surface area contributed by atoms with Crippen LogP contribution in [0.4, 0.5) is 5.69 Å². The summed E-state index contributed by atoms with van der Waals surface area (Å²) in [6, 6.07) is 8.66. The van der Waals surface area contributed by atoms with E-state index < -0.39 is 0 Å². The van der Waals surface area contributed by atoms with E-state index in [4.69, 9.17) is 10.5 Å². The van der Waals surface area contributed by atoms with Gasteiger partial charge in [-0.25, -0.2) is 0 Å². The lowest BCUT2D eigenvalue weighted by Gasteiger charge is -2.07. The van der Waals surface area contributed by atoms with Gasteiger partial charge in [0.25, 0.3) is 0 Å². The van der Waals surface area contributed by atoms with E-state index in [2.05, 4.69) is 33.0 Å². The van der Waals surface area contributed by atoms with Gasteiger partial charge in [-0.3, -0.25) is 4.79 Å². The Morgan fingerprint density at radius 2 is 1.65 bits per heavy atom. The highest BCUT2D eigenvalue weighted by atomic mass is 16.2. The van der Waals surface area contributed by atoms with E-state index >= 15 is 0 Å². The summed E-state index contributed by atoms with van der Waals surface area (Å²) in [6.07, 6.45) is 0. The molecule has 1 aromatic carbocycles. The van der Waals surface area contributed by atoms with Crippen LogP contribution in [-0.4, -0.2) is 5.91 Å². The molecule has 0 aromatic heterocycles. The first-order chi connectivity index (χ1) is 9.25. The van der Waals surface area contributed by atoms with Gasteiger partial charge >= 0.3 is 0 Å². The van der Waals surface area contributed by atoms with Crippen molar-refractivity contribution in [2.75, 3.05) is 5.32 Å². The Morgan fingerprint density at radius 3 is 2.10 bits per heavy atom. The molecule has 1 fully saturated rings. The number of rotatable bonds is 2. The molecule has 1 saturated carbocycles. The number of nitriles is 2. The fraction of sp³-hybridized carbons (Fsp3) is 0.438. The van der Waals surface area contributed by atoms with Crippen molar-refractivity contribution in [3.8, 4) is 12.1 Å². The highest BCUT2D eigenvalue weighted by Crippen LogP contribution is 2.68. The number of nitrogens with zero attached hydrogens (tertiary/aromatic N) is 2. The number of amides is 1. The van der Waals surface area contributed by atoms with Gasteiger partial charge in [0.15, 0.2) is 0 Å². The Hall–Kier alpha value is -2.33. The Bertz CT molecular complexity index is 645. The molecule has 1 aliphatic carbocycles. The zero-order valence-electron chi connectivity index (χ0n) is 12.1. The maximum absolute atomic E-state index is 12.3. The monoisotopic (exact) mass is 267 g/mol. The Labute approximate surface area is 119 Å². The fourth-order valence-corrected chi connectivity index (χ4v) is 2.88. The Balaban J connectivity index is 2.19. The lowest BCUT2D eigenvalue weighted by atomic mass is 10.0. The lowest BCUT2D eigenvalue weighted by Crippen LogP contribution is -2.17. The Kier molecular flexibility index (Phi) is 3.07. The molecule has 2 rings (SSSR count). The molecule has 1 aromatic rings. The quantitative estimate of drug-likeness (QED) is 0.894. The summed E-state index contributed by atoms with van der Waals surface area (Å²) in [4.78, 5) is 12.3. The molecular formula is C16H17N3O. The first-order valence-electron chi connectivity index (χ1n) is 6.51. The van der Waals surface area contributed by atoms with Gasteiger partial charge in [0, 0.05) is 11.6 Å². The van der Waals surface area contributed by atoms with Gasteiger partial charge in [0.1, 0.15) is 12.1 Å². The molecule has 0 saturated heterocycles. The maximum atomic E-state index is 12.3. The average Bonchev–Trinajstić information content (AvgIpc) is 2.79. The van der Waals surface area contributed by atoms with Crippen LogP contribution in [0.5, 0.6) is 0 Å². The Morgan fingerprint density at radius 1 is 1.10 bits per heavy atom. The van der Waals surface area contributed by atoms with E-state index in [-0.39, 0.29) is 28.2 Å². The average molecular weight is 267 g/mol. The van der Waals surface area contributed by atoms with Crippen LogP contribution in [0.2, 0.25) is 0 Å². The van der Waals surface area contributed by atoms with Crippen LogP contribution in [0.15, 0.2) is 18.2 Å². The van der Waals surface area contributed by atoms with E-state index in [1.54, 1.807) is 18.2 Å². The van der Waals surface area contributed by atoms with Crippen LogP contribution >= 0.6 is 0 Å². The van der Waals surface area contributed by atoms with Gasteiger partial charge in [-0.15, -0.1) is 0 Å². The summed E-state index contributed by atoms with van der Waals surface area (Å²) < 4.78 is 0. The molecule has 102 valence electrons. The zero-order valence-corrected chi connectivity index (χ0v) is 12.1. The van der Waals surface area contributed by atoms with Crippen molar-refractivity contribution in [3.63, 3.8) is 0 Å². The third-order valence-electron chi connectivity index (χ3n) is 4.81. The smallest absolute Gasteiger partial charge is 0.228 e. The second kappa shape index (κ2) is 4.35. The van der Waals surface area contributed by atoms with E-state index in [9.17, 15) is 4.79 Å². The standard InChI is InChI=1S/C16H17N3O/c1-15(2)13(16(15,3)4)14(20)19-12-6-5-10(8-17)11(7-12)9-18/h5-7,13H,1-4H3,(H,19,20). The highest BCUT2D eigenvalue weighted by molar-refractivity contribution is 5.96. The summed E-state index contributed by atoms with van der Waals surface area (Å²) in [5.74, 6) is -0.0789. The van der Waals surface area contributed by atoms with Gasteiger partial charge in [0.2, 0.25) is 5.91 Å². The fourth-order valence-electron chi connectivity index (χ4n) is 2.88. The van der Waals surface area contributed by atoms with E-state index in [1.807, 2.05) is 12.1 Å². The summed E-state index contributed by atoms with van der Waals surface area (Å²) in [6.45, 7) is 8.32. The van der Waals surface area contributed by atoms with Gasteiger partial charge in [-0.05, 0) is 29.0 Å². The van der Waals surface area contributed by atoms with Crippen molar-refractivity contribution >= 4 is 11.6 Å². The molecule has 4 nitrogen and oxygen atoms in total. The van der Waals surface area contributed by atoms with Crippen LogP contribution in [0.3, 0.4) is 0 Å². The number of hydrogen-bond donors (Lipinski definition) is 1. The molecule has 20 heavy (non-hydrogen) atoms. The van der Waals surface area contributed by atoms with Gasteiger partial charge in [-0.2, -0.15) is 10.5 Å². The maximum Gasteiger partial charge on any atom is 0.228 e. The van der Waals surface area contributed by atoms with Crippen molar-refractivity contribution < 1.29 is 4.79 Å². The number of carbonyl (C=O) groups excluding carboxylic acids is 1. The highest BCUT2D eigenvalue weighted by Gasteiger charge is 2.68. The normalized spacial score (nSPS) is 18.7. The van der Waals surface area contributed by atoms with Crippen molar-refractivity contribution in [1.82, 2.24) is 0 Å². The second-order valence-electron chi connectivity index (χ2n) is 6.35. The van der Waals surface area contributed by atoms with Crippen LogP contribution in [-0.2, 0) is 4.79 Å². The summed E-state index contributed by atoms with van der Waals surface area (Å²) in [5, 5.41) is 20.7. The molecule has 0 spiro atoms. The predicted molar refractivity (Wildman–Crippen MR) is 75.6 cm³/mol. The van der Waals surface area contributed by atoms with Crippen LogP contribution in [0, 0.1) is 39.4 Å². The molecule has 4 heteroatoms. The van der Waals surface area contributed by atoms with E-state index in [0.717, 1.165) is 0 Å². The summed E-state index contributed by atoms with van der Waals surface area (Å²) >= 11 is 0. The van der Waals surface area contributed by atoms with Gasteiger partial charge in [0.05, 0.1) is 11.1 Å². The minimum atomic E-state index is -0.0452. The predicted octanol–water partition coefficient (Wildman–Crippen LogP) is 3.05. The van der Waals surface area contributed by atoms with Crippen molar-refractivity contribution in [2.45, 2.75) is 27.7 Å². The number of carbonyl (C=O) groups is 1. The minimum Gasteiger partial charge on any atom is -0.326 e. The van der Waals surface area contributed by atoms with Gasteiger partial charge < -0.3 is 5.32 Å². The molecule has 0 radical (unpaired) electrons. The summed E-state index contributed by atoms with van der Waals surface area (Å²) in [5.41, 5.74) is 1.10. The van der Waals surface area contributed by atoms with Crippen molar-refractivity contribution in [2.24, 2.45) is 16.7 Å². The molecule has 0 aliphatic heterocycles. The number of benzene rings is 1. The van der Waals surface area contributed by atoms with Crippen LogP contribution in [0.1, 0.15) is 38.8 Å². The van der Waals surface area contributed by atoms with E-state index in [1.165, 1.54) is 0 Å². The molecule has 0 unspecified atom stereocenters. The molecule has 1 aliphatic rings. The van der Waals surface area contributed by atoms with Crippen molar-refractivity contribution in [1.29, 1.82) is 10.5 Å². The molecule has 0 bridgehead atoms. The van der Waals surface area contributed by atoms with Gasteiger partial charge in [-0.1, -0.05) is 27.7 Å². The van der Waals surface area contributed by atoms with Crippen LogP contribution in [0.25, 0.3) is 0 Å². The number of nitrogens with one attached hydrogen (secondary N) is 1. The molecule has 1 N–H and O–H groups in total. The lowest BCUT2D eigenvalue weighted by molar-refractivity contribution is -0.118. The SMILES string of the molecule is CC1(C)C(C(=O)Nc2ccc(C#N)c(C#N)c2)C1(C)C. The van der Waals surface area contributed by atoms with E-state index in [0.29, 0.717) is 11.3 Å².